The summed E-state index contributed by atoms with van der Waals surface area (Å²) in [5.41, 5.74) is 33.3. The number of urea groups is 1. The summed E-state index contributed by atoms with van der Waals surface area (Å²) in [5, 5.41) is 31.9. The van der Waals surface area contributed by atoms with Crippen molar-refractivity contribution < 1.29 is 43.5 Å². The lowest BCUT2D eigenvalue weighted by atomic mass is 10.0. The highest BCUT2D eigenvalue weighted by Gasteiger charge is 2.37. The Morgan fingerprint density at radius 2 is 1.52 bits per heavy atom. The molecule has 1 unspecified atom stereocenters. The Labute approximate surface area is 322 Å². The second-order valence-electron chi connectivity index (χ2n) is 13.2. The zero-order valence-electron chi connectivity index (χ0n) is 31.1. The Hall–Kier alpha value is -5.63. The highest BCUT2D eigenvalue weighted by Crippen LogP contribution is 2.11. The molecule has 25 nitrogen and oxygen atoms in total. The van der Waals surface area contributed by atoms with Gasteiger partial charge >= 0.3 is 6.03 Å². The number of rotatable bonds is 15. The fourth-order valence-corrected chi connectivity index (χ4v) is 5.42. The maximum absolute atomic E-state index is 13.8. The van der Waals surface area contributed by atoms with Crippen LogP contribution in [-0.2, 0) is 33.6 Å². The summed E-state index contributed by atoms with van der Waals surface area (Å²) in [5.74, 6) is -6.70. The molecule has 0 aliphatic carbocycles. The van der Waals surface area contributed by atoms with Gasteiger partial charge in [-0.3, -0.25) is 33.6 Å². The van der Waals surface area contributed by atoms with Crippen molar-refractivity contribution in [1.29, 1.82) is 0 Å². The van der Waals surface area contributed by atoms with Crippen LogP contribution in [-0.4, -0.2) is 133 Å². The standard InChI is InChI=1S/C31H56N16O9/c1-14-25(51)43-19(11-38-21(48)8-15(34)4-2-6-32)27(53)44-20(13-40-31(37)56)28(54)47-24(17-10-23(50)46-30(36)45-17)29(55)39-12-18(26(52)41-14)42-22(49)9-16(35)5-3-7-33/h13-19,23-24,50H,2-12,32-35H2,1H3,(H,38,48)(H,39,55)(H,41,52)(H,42,49)(H,43,51)(H,44,53)(H,47,54)(H3,36,45,46)(H3,37,40,56)/t14-,15-,16-,17?,18-,19-,23+,24-/m0/s1. The van der Waals surface area contributed by atoms with Crippen molar-refractivity contribution in [2.24, 2.45) is 39.4 Å². The van der Waals surface area contributed by atoms with Crippen LogP contribution in [0.4, 0.5) is 4.79 Å². The lowest BCUT2D eigenvalue weighted by Crippen LogP contribution is -2.64. The lowest BCUT2D eigenvalue weighted by Gasteiger charge is -2.33. The van der Waals surface area contributed by atoms with E-state index in [4.69, 9.17) is 34.4 Å². The quantitative estimate of drug-likeness (QED) is 0.0685. The fraction of sp³-hybridized carbons (Fsp3) is 0.645. The molecule has 9 amide bonds. The van der Waals surface area contributed by atoms with E-state index in [9.17, 15) is 43.5 Å². The Kier molecular flexibility index (Phi) is 19.4. The monoisotopic (exact) mass is 796 g/mol. The molecule has 0 radical (unpaired) electrons. The molecule has 2 aliphatic heterocycles. The predicted molar refractivity (Wildman–Crippen MR) is 199 cm³/mol. The van der Waals surface area contributed by atoms with Crippen molar-refractivity contribution in [1.82, 2.24) is 47.9 Å². The van der Waals surface area contributed by atoms with Gasteiger partial charge in [0.05, 0.1) is 6.04 Å². The second kappa shape index (κ2) is 23.3. The first-order valence-electron chi connectivity index (χ1n) is 17.9. The molecule has 56 heavy (non-hydrogen) atoms. The van der Waals surface area contributed by atoms with Crippen molar-refractivity contribution in [3.05, 3.63) is 11.9 Å². The van der Waals surface area contributed by atoms with Gasteiger partial charge in [0.25, 0.3) is 5.91 Å². The van der Waals surface area contributed by atoms with Crippen molar-refractivity contribution in [2.45, 2.75) is 100 Å². The minimum absolute atomic E-state index is 0.154. The number of hydrogen-bond donors (Lipinski definition) is 16. The van der Waals surface area contributed by atoms with E-state index in [1.807, 2.05) is 5.32 Å². The molecule has 314 valence electrons. The minimum atomic E-state index is -1.63. The van der Waals surface area contributed by atoms with E-state index in [0.717, 1.165) is 0 Å². The molecule has 0 bridgehead atoms. The topological polar surface area (TPSA) is 434 Å². The summed E-state index contributed by atoms with van der Waals surface area (Å²) < 4.78 is 0. The molecule has 0 aromatic rings. The Balaban J connectivity index is 2.55. The molecule has 2 rings (SSSR count). The van der Waals surface area contributed by atoms with E-state index in [1.165, 1.54) is 6.92 Å². The number of primary amides is 1. The number of aliphatic hydroxyl groups is 1. The van der Waals surface area contributed by atoms with Crippen molar-refractivity contribution in [3.8, 4) is 0 Å². The minimum Gasteiger partial charge on any atom is -0.372 e. The number of hydrogen-bond acceptors (Lipinski definition) is 16. The molecule has 2 heterocycles. The maximum atomic E-state index is 13.8. The summed E-state index contributed by atoms with van der Waals surface area (Å²) in [4.78, 5) is 109. The number of nitrogens with zero attached hydrogens (tertiary/aromatic N) is 1. The second-order valence-corrected chi connectivity index (χ2v) is 13.2. The molecular weight excluding hydrogens is 740 g/mol. The normalized spacial score (nSPS) is 25.8. The first kappa shape index (κ1) is 46.5. The SMILES string of the molecule is C[C@@H]1NC(=O)[C@@H](NC(=O)C[C@@H](N)CCCN)CNC(=O)[C@H](C2C[C@@H](O)N=C(N)N2)NC(=O)C(=CNC(N)=O)NC(=O)[C@H](CNC(=O)C[C@@H](N)CCCN)NC1=O. The highest BCUT2D eigenvalue weighted by atomic mass is 16.3. The van der Waals surface area contributed by atoms with Crippen LogP contribution in [0.15, 0.2) is 16.9 Å². The first-order valence-corrected chi connectivity index (χ1v) is 17.9. The van der Waals surface area contributed by atoms with Gasteiger partial charge in [-0.25, -0.2) is 9.79 Å². The summed E-state index contributed by atoms with van der Waals surface area (Å²) >= 11 is 0. The van der Waals surface area contributed by atoms with Crippen LogP contribution >= 0.6 is 0 Å². The number of aliphatic imine (C=N–C) groups is 1. The molecule has 0 saturated carbocycles. The molecule has 0 aromatic carbocycles. The van der Waals surface area contributed by atoms with Gasteiger partial charge in [0.1, 0.15) is 29.9 Å². The molecule has 22 N–H and O–H groups in total. The average molecular weight is 797 g/mol. The summed E-state index contributed by atoms with van der Waals surface area (Å²) in [6.07, 6.45) is 0.604. The molecular formula is C31H56N16O9. The fourth-order valence-electron chi connectivity index (χ4n) is 5.42. The van der Waals surface area contributed by atoms with E-state index in [-0.39, 0.29) is 25.2 Å². The number of amides is 9. The maximum Gasteiger partial charge on any atom is 0.316 e. The van der Waals surface area contributed by atoms with Crippen LogP contribution in [0.1, 0.15) is 51.9 Å². The Bertz CT molecular complexity index is 1490. The number of aliphatic hydroxyl groups excluding tert-OH is 1. The summed E-state index contributed by atoms with van der Waals surface area (Å²) in [6.45, 7) is 0.827. The van der Waals surface area contributed by atoms with E-state index >= 15 is 0 Å². The average Bonchev–Trinajstić information content (AvgIpc) is 3.12. The van der Waals surface area contributed by atoms with E-state index in [1.54, 1.807) is 0 Å². The zero-order valence-corrected chi connectivity index (χ0v) is 31.1. The largest absolute Gasteiger partial charge is 0.372 e. The highest BCUT2D eigenvalue weighted by molar-refractivity contribution is 6.02. The van der Waals surface area contributed by atoms with Gasteiger partial charge in [-0.05, 0) is 45.7 Å². The third-order valence-electron chi connectivity index (χ3n) is 8.39. The first-order chi connectivity index (χ1) is 26.4. The van der Waals surface area contributed by atoms with Crippen molar-refractivity contribution in [2.75, 3.05) is 26.2 Å². The van der Waals surface area contributed by atoms with E-state index in [0.29, 0.717) is 45.0 Å². The van der Waals surface area contributed by atoms with Gasteiger partial charge in [-0.2, -0.15) is 0 Å². The number of guanidine groups is 1. The van der Waals surface area contributed by atoms with Gasteiger partial charge in [0.2, 0.25) is 35.4 Å². The number of nitrogens with two attached hydrogens (primary N) is 6. The predicted octanol–water partition coefficient (Wildman–Crippen LogP) is -8.28. The summed E-state index contributed by atoms with van der Waals surface area (Å²) in [7, 11) is 0. The van der Waals surface area contributed by atoms with E-state index in [2.05, 4.69) is 47.5 Å². The zero-order chi connectivity index (χ0) is 41.9. The van der Waals surface area contributed by atoms with Crippen LogP contribution in [0, 0.1) is 0 Å². The Morgan fingerprint density at radius 3 is 2.11 bits per heavy atom. The van der Waals surface area contributed by atoms with Crippen LogP contribution in [0.5, 0.6) is 0 Å². The van der Waals surface area contributed by atoms with Gasteiger partial charge in [0.15, 0.2) is 12.2 Å². The van der Waals surface area contributed by atoms with Gasteiger partial charge < -0.3 is 87.4 Å². The molecule has 1 fully saturated rings. The Morgan fingerprint density at radius 1 is 0.893 bits per heavy atom. The molecule has 2 aliphatic rings. The van der Waals surface area contributed by atoms with Gasteiger partial charge in [-0.1, -0.05) is 0 Å². The van der Waals surface area contributed by atoms with Crippen LogP contribution < -0.4 is 82.3 Å². The van der Waals surface area contributed by atoms with Crippen molar-refractivity contribution in [3.63, 3.8) is 0 Å². The molecule has 25 heteroatoms. The number of carbonyl (C=O) groups is 8. The smallest absolute Gasteiger partial charge is 0.316 e. The lowest BCUT2D eigenvalue weighted by molar-refractivity contribution is -0.134. The molecule has 0 aromatic heterocycles. The third-order valence-corrected chi connectivity index (χ3v) is 8.39. The number of nitrogens with one attached hydrogen (secondary N) is 9. The van der Waals surface area contributed by atoms with Crippen molar-refractivity contribution >= 4 is 53.3 Å². The van der Waals surface area contributed by atoms with Crippen LogP contribution in [0.25, 0.3) is 0 Å². The van der Waals surface area contributed by atoms with Crippen LogP contribution in [0.2, 0.25) is 0 Å². The van der Waals surface area contributed by atoms with Gasteiger partial charge in [-0.15, -0.1) is 0 Å². The van der Waals surface area contributed by atoms with Gasteiger partial charge in [0, 0.05) is 50.6 Å². The number of carbonyl (C=O) groups excluding carboxylic acids is 8. The molecule has 0 spiro atoms. The van der Waals surface area contributed by atoms with E-state index < -0.39 is 115 Å². The molecule has 1 saturated heterocycles. The summed E-state index contributed by atoms with van der Waals surface area (Å²) in [6, 6.07) is -9.62. The third kappa shape index (κ3) is 16.4. The van der Waals surface area contributed by atoms with Crippen LogP contribution in [0.3, 0.4) is 0 Å². The molecule has 8 atom stereocenters.